The van der Waals surface area contributed by atoms with Gasteiger partial charge in [0.2, 0.25) is 0 Å². The van der Waals surface area contributed by atoms with E-state index < -0.39 is 60.1 Å². The van der Waals surface area contributed by atoms with Crippen LogP contribution in [0.1, 0.15) is 28.8 Å². The number of hydrogen-bond acceptors (Lipinski definition) is 7. The fraction of sp³-hybridized carbons (Fsp3) is 0.471. The number of benzene rings is 1. The number of ether oxygens (including phenoxy) is 2. The summed E-state index contributed by atoms with van der Waals surface area (Å²) in [6.07, 6.45) is -11.2. The first-order chi connectivity index (χ1) is 14.3. The lowest BCUT2D eigenvalue weighted by Gasteiger charge is -2.18. The average molecular weight is 455 g/mol. The molecule has 14 heteroatoms. The normalized spacial score (nSPS) is 15.7. The lowest BCUT2D eigenvalue weighted by atomic mass is 9.97. The molecule has 0 saturated carbocycles. The van der Waals surface area contributed by atoms with Gasteiger partial charge in [0.05, 0.1) is 19.8 Å². The number of alkyl halides is 6. The number of rotatable bonds is 8. The molecule has 1 aromatic rings. The van der Waals surface area contributed by atoms with Crippen LogP contribution in [0.2, 0.25) is 0 Å². The standard InChI is InChI=1S/C17H15F6N3O5/c1-30-12-7-8(15(25-26-15)17(21,22)23)3-4-9(12)11(27)6-5-10(13(28)31-2)24-14(29)16(18,19)20/h3-4,7,10H,5-6H2,1-2H3,(H,24,29)/t10-/m1/s1. The Morgan fingerprint density at radius 1 is 1.10 bits per heavy atom. The van der Waals surface area contributed by atoms with E-state index in [0.29, 0.717) is 0 Å². The Balaban J connectivity index is 2.17. The van der Waals surface area contributed by atoms with Crippen molar-refractivity contribution in [2.75, 3.05) is 14.2 Å². The van der Waals surface area contributed by atoms with Crippen molar-refractivity contribution in [3.63, 3.8) is 0 Å². The second-order valence-electron chi connectivity index (χ2n) is 6.29. The van der Waals surface area contributed by atoms with Gasteiger partial charge in [0.1, 0.15) is 11.8 Å². The molecule has 0 bridgehead atoms. The van der Waals surface area contributed by atoms with Crippen molar-refractivity contribution < 1.29 is 50.2 Å². The van der Waals surface area contributed by atoms with Crippen LogP contribution in [0.3, 0.4) is 0 Å². The molecule has 0 aromatic heterocycles. The van der Waals surface area contributed by atoms with Crippen molar-refractivity contribution in [1.29, 1.82) is 0 Å². The Kier molecular flexibility index (Phi) is 6.61. The average Bonchev–Trinajstić information content (AvgIpc) is 3.50. The number of methoxy groups -OCH3 is 2. The molecule has 0 aliphatic carbocycles. The number of ketones is 1. The maximum Gasteiger partial charge on any atom is 0.471 e. The second-order valence-corrected chi connectivity index (χ2v) is 6.29. The summed E-state index contributed by atoms with van der Waals surface area (Å²) in [5.74, 6) is -4.62. The molecule has 1 aliphatic heterocycles. The van der Waals surface area contributed by atoms with E-state index in [1.807, 2.05) is 0 Å². The lowest BCUT2D eigenvalue weighted by molar-refractivity contribution is -0.175. The van der Waals surface area contributed by atoms with Gasteiger partial charge in [0.15, 0.2) is 5.78 Å². The van der Waals surface area contributed by atoms with Crippen LogP contribution in [0.5, 0.6) is 5.75 Å². The smallest absolute Gasteiger partial charge is 0.471 e. The topological polar surface area (TPSA) is 106 Å². The molecule has 0 radical (unpaired) electrons. The van der Waals surface area contributed by atoms with Gasteiger partial charge in [-0.05, 0) is 18.6 Å². The molecule has 0 unspecified atom stereocenters. The summed E-state index contributed by atoms with van der Waals surface area (Å²) in [4.78, 5) is 35.2. The Morgan fingerprint density at radius 2 is 1.71 bits per heavy atom. The minimum Gasteiger partial charge on any atom is -0.496 e. The summed E-state index contributed by atoms with van der Waals surface area (Å²) in [5.41, 5.74) is -3.31. The summed E-state index contributed by atoms with van der Waals surface area (Å²) >= 11 is 0. The van der Waals surface area contributed by atoms with Crippen LogP contribution in [-0.4, -0.2) is 50.3 Å². The molecule has 1 heterocycles. The molecule has 1 N–H and O–H groups in total. The Bertz CT molecular complexity index is 906. The highest BCUT2D eigenvalue weighted by Crippen LogP contribution is 2.53. The molecule has 1 atom stereocenters. The number of carbonyl (C=O) groups excluding carboxylic acids is 3. The van der Waals surface area contributed by atoms with Crippen LogP contribution < -0.4 is 10.1 Å². The lowest BCUT2D eigenvalue weighted by Crippen LogP contribution is -2.47. The van der Waals surface area contributed by atoms with Crippen molar-refractivity contribution in [3.05, 3.63) is 29.3 Å². The fourth-order valence-electron chi connectivity index (χ4n) is 2.62. The predicted molar refractivity (Wildman–Crippen MR) is 89.1 cm³/mol. The van der Waals surface area contributed by atoms with Crippen LogP contribution in [0.25, 0.3) is 0 Å². The van der Waals surface area contributed by atoms with Gasteiger partial charge in [-0.15, -0.1) is 10.2 Å². The molecule has 1 aliphatic rings. The Morgan fingerprint density at radius 3 is 2.16 bits per heavy atom. The van der Waals surface area contributed by atoms with E-state index in [1.54, 1.807) is 0 Å². The van der Waals surface area contributed by atoms with Gasteiger partial charge in [-0.1, -0.05) is 6.07 Å². The van der Waals surface area contributed by atoms with Crippen LogP contribution in [0.4, 0.5) is 26.3 Å². The summed E-state index contributed by atoms with van der Waals surface area (Å²) in [7, 11) is 1.97. The first-order valence-electron chi connectivity index (χ1n) is 8.45. The Labute approximate surface area is 170 Å². The van der Waals surface area contributed by atoms with E-state index in [4.69, 9.17) is 4.74 Å². The zero-order chi connectivity index (χ0) is 23.6. The van der Waals surface area contributed by atoms with Gasteiger partial charge >= 0.3 is 29.9 Å². The minimum absolute atomic E-state index is 0.185. The third kappa shape index (κ3) is 5.11. The van der Waals surface area contributed by atoms with E-state index in [1.165, 1.54) is 5.32 Å². The highest BCUT2D eigenvalue weighted by Gasteiger charge is 2.65. The van der Waals surface area contributed by atoms with Gasteiger partial charge in [0, 0.05) is 12.0 Å². The molecule has 0 saturated heterocycles. The van der Waals surface area contributed by atoms with E-state index >= 15 is 0 Å². The third-order valence-electron chi connectivity index (χ3n) is 4.31. The molecular weight excluding hydrogens is 440 g/mol. The van der Waals surface area contributed by atoms with Crippen LogP contribution in [0, 0.1) is 0 Å². The highest BCUT2D eigenvalue weighted by molar-refractivity contribution is 5.99. The molecule has 0 fully saturated rings. The summed E-state index contributed by atoms with van der Waals surface area (Å²) in [5, 5.41) is 7.50. The van der Waals surface area contributed by atoms with Gasteiger partial charge in [0.25, 0.3) is 0 Å². The zero-order valence-electron chi connectivity index (χ0n) is 15.9. The number of esters is 1. The van der Waals surface area contributed by atoms with Gasteiger partial charge < -0.3 is 14.8 Å². The number of carbonyl (C=O) groups is 3. The van der Waals surface area contributed by atoms with E-state index in [0.717, 1.165) is 32.4 Å². The summed E-state index contributed by atoms with van der Waals surface area (Å²) in [6, 6.07) is 1.14. The van der Waals surface area contributed by atoms with Crippen molar-refractivity contribution in [2.24, 2.45) is 10.2 Å². The SMILES string of the molecule is COC(=O)[C@@H](CCC(=O)c1ccc(C2(C(F)(F)F)N=N2)cc1OC)NC(=O)C(F)(F)F. The van der Waals surface area contributed by atoms with Gasteiger partial charge in [-0.25, -0.2) is 4.79 Å². The van der Waals surface area contributed by atoms with Crippen molar-refractivity contribution >= 4 is 17.7 Å². The number of amides is 1. The maximum absolute atomic E-state index is 13.1. The maximum atomic E-state index is 13.1. The van der Waals surface area contributed by atoms with Crippen LogP contribution in [-0.2, 0) is 20.0 Å². The van der Waals surface area contributed by atoms with Crippen molar-refractivity contribution in [1.82, 2.24) is 5.32 Å². The number of hydrogen-bond donors (Lipinski definition) is 1. The largest absolute Gasteiger partial charge is 0.496 e. The molecule has 31 heavy (non-hydrogen) atoms. The highest BCUT2D eigenvalue weighted by atomic mass is 19.4. The van der Waals surface area contributed by atoms with E-state index in [2.05, 4.69) is 15.0 Å². The monoisotopic (exact) mass is 455 g/mol. The summed E-state index contributed by atoms with van der Waals surface area (Å²) < 4.78 is 85.9. The second kappa shape index (κ2) is 8.51. The third-order valence-corrected chi connectivity index (χ3v) is 4.31. The van der Waals surface area contributed by atoms with Crippen molar-refractivity contribution in [2.45, 2.75) is 36.9 Å². The predicted octanol–water partition coefficient (Wildman–Crippen LogP) is 3.06. The molecule has 1 amide bonds. The summed E-state index contributed by atoms with van der Waals surface area (Å²) in [6.45, 7) is 0. The number of halogens is 6. The number of nitrogens with one attached hydrogen (secondary N) is 1. The molecule has 1 aromatic carbocycles. The molecular formula is C17H15F6N3O5. The number of Topliss-reactive ketones (excluding diaryl/α,β-unsaturated/α-hetero) is 1. The minimum atomic E-state index is -5.26. The van der Waals surface area contributed by atoms with E-state index in [-0.39, 0.29) is 11.3 Å². The van der Waals surface area contributed by atoms with E-state index in [9.17, 15) is 40.7 Å². The fourth-order valence-corrected chi connectivity index (χ4v) is 2.62. The number of nitrogens with zero attached hydrogens (tertiary/aromatic N) is 2. The Hall–Kier alpha value is -3.19. The van der Waals surface area contributed by atoms with Gasteiger partial charge in [-0.3, -0.25) is 9.59 Å². The molecule has 170 valence electrons. The van der Waals surface area contributed by atoms with Crippen LogP contribution >= 0.6 is 0 Å². The quantitative estimate of drug-likeness (QED) is 0.369. The zero-order valence-corrected chi connectivity index (χ0v) is 15.9. The first kappa shape index (κ1) is 24.1. The molecule has 2 rings (SSSR count). The molecule has 0 spiro atoms. The van der Waals surface area contributed by atoms with Crippen LogP contribution in [0.15, 0.2) is 28.4 Å². The van der Waals surface area contributed by atoms with Crippen molar-refractivity contribution in [3.8, 4) is 5.75 Å². The van der Waals surface area contributed by atoms with Gasteiger partial charge in [-0.2, -0.15) is 26.3 Å². The molecule has 8 nitrogen and oxygen atoms in total. The first-order valence-corrected chi connectivity index (χ1v) is 8.45.